The lowest BCUT2D eigenvalue weighted by Crippen LogP contribution is -2.36. The molecule has 2 aromatic carbocycles. The highest BCUT2D eigenvalue weighted by Crippen LogP contribution is 2.37. The molecule has 0 amide bonds. The fourth-order valence-electron chi connectivity index (χ4n) is 4.23. The molecule has 1 saturated carbocycles. The van der Waals surface area contributed by atoms with E-state index in [-0.39, 0.29) is 5.92 Å². The zero-order chi connectivity index (χ0) is 24.8. The number of aliphatic hydroxyl groups is 1. The van der Waals surface area contributed by atoms with Crippen LogP contribution in [-0.4, -0.2) is 58.8 Å². The van der Waals surface area contributed by atoms with Crippen molar-refractivity contribution in [3.8, 4) is 23.1 Å². The Morgan fingerprint density at radius 1 is 1.06 bits per heavy atom. The van der Waals surface area contributed by atoms with Crippen molar-refractivity contribution in [3.63, 3.8) is 0 Å². The van der Waals surface area contributed by atoms with Gasteiger partial charge in [-0.1, -0.05) is 32.0 Å². The maximum Gasteiger partial charge on any atom is 0.227 e. The van der Waals surface area contributed by atoms with E-state index >= 15 is 0 Å². The fourth-order valence-corrected chi connectivity index (χ4v) is 4.23. The number of hydrogen-bond donors (Lipinski definition) is 1. The zero-order valence-corrected chi connectivity index (χ0v) is 21.2. The summed E-state index contributed by atoms with van der Waals surface area (Å²) in [6.45, 7) is 8.40. The van der Waals surface area contributed by atoms with Gasteiger partial charge in [-0.15, -0.1) is 0 Å². The number of methoxy groups -OCH3 is 1. The van der Waals surface area contributed by atoms with Gasteiger partial charge in [0.15, 0.2) is 0 Å². The van der Waals surface area contributed by atoms with Gasteiger partial charge in [0.2, 0.25) is 5.88 Å². The number of benzene rings is 2. The highest BCUT2D eigenvalue weighted by molar-refractivity contribution is 5.46. The molecule has 188 valence electrons. The van der Waals surface area contributed by atoms with Crippen LogP contribution in [0.5, 0.6) is 17.4 Å². The van der Waals surface area contributed by atoms with Gasteiger partial charge in [-0.3, -0.25) is 4.90 Å². The highest BCUT2D eigenvalue weighted by atomic mass is 16.5. The predicted octanol–water partition coefficient (Wildman–Crippen LogP) is 5.16. The quantitative estimate of drug-likeness (QED) is 0.365. The molecule has 0 spiro atoms. The van der Waals surface area contributed by atoms with Crippen LogP contribution in [-0.2, 0) is 11.3 Å². The molecule has 1 aliphatic rings. The van der Waals surface area contributed by atoms with Crippen molar-refractivity contribution in [2.45, 2.75) is 58.2 Å². The van der Waals surface area contributed by atoms with Crippen LogP contribution in [0.1, 0.15) is 50.8 Å². The van der Waals surface area contributed by atoms with E-state index in [1.807, 2.05) is 66.2 Å². The van der Waals surface area contributed by atoms with E-state index in [2.05, 4.69) is 18.7 Å². The van der Waals surface area contributed by atoms with Gasteiger partial charge >= 0.3 is 0 Å². The molecule has 4 rings (SSSR count). The molecule has 1 N–H and O–H groups in total. The van der Waals surface area contributed by atoms with Crippen molar-refractivity contribution < 1.29 is 19.3 Å². The Kier molecular flexibility index (Phi) is 8.44. The average molecular weight is 480 g/mol. The lowest BCUT2D eigenvalue weighted by molar-refractivity contribution is 0.0177. The van der Waals surface area contributed by atoms with Gasteiger partial charge in [0.25, 0.3) is 0 Å². The maximum atomic E-state index is 10.6. The molecule has 0 saturated heterocycles. The van der Waals surface area contributed by atoms with Gasteiger partial charge in [-0.2, -0.15) is 5.10 Å². The lowest BCUT2D eigenvalue weighted by atomic mass is 10.1. The first-order valence-corrected chi connectivity index (χ1v) is 12.5. The zero-order valence-electron chi connectivity index (χ0n) is 21.2. The van der Waals surface area contributed by atoms with Crippen molar-refractivity contribution in [2.24, 2.45) is 0 Å². The van der Waals surface area contributed by atoms with Crippen LogP contribution in [0.4, 0.5) is 0 Å². The minimum absolute atomic E-state index is 0.206. The lowest BCUT2D eigenvalue weighted by Gasteiger charge is -2.25. The van der Waals surface area contributed by atoms with Crippen LogP contribution in [0, 0.1) is 0 Å². The smallest absolute Gasteiger partial charge is 0.227 e. The number of para-hydroxylation sites is 1. The first-order chi connectivity index (χ1) is 17.0. The van der Waals surface area contributed by atoms with Gasteiger partial charge in [-0.25, -0.2) is 4.68 Å². The maximum absolute atomic E-state index is 10.6. The molecule has 1 aromatic heterocycles. The third-order valence-corrected chi connectivity index (χ3v) is 6.17. The SMILES string of the molecule is CCOCC(O)CN(Cc1c(C(C)C)nn(-c2ccc(OC)cc2)c1Oc1ccccc1)C1CC1. The highest BCUT2D eigenvalue weighted by Gasteiger charge is 2.33. The average Bonchev–Trinajstić information content (AvgIpc) is 3.66. The Morgan fingerprint density at radius 2 is 1.77 bits per heavy atom. The number of hydrogen-bond acceptors (Lipinski definition) is 6. The monoisotopic (exact) mass is 479 g/mol. The normalized spacial score (nSPS) is 14.5. The number of ether oxygens (including phenoxy) is 3. The van der Waals surface area contributed by atoms with Gasteiger partial charge in [0.1, 0.15) is 11.5 Å². The number of aromatic nitrogens is 2. The first kappa shape index (κ1) is 25.2. The molecular formula is C28H37N3O4. The molecule has 35 heavy (non-hydrogen) atoms. The molecule has 1 unspecified atom stereocenters. The van der Waals surface area contributed by atoms with Crippen LogP contribution in [0.25, 0.3) is 5.69 Å². The third kappa shape index (κ3) is 6.42. The molecule has 7 nitrogen and oxygen atoms in total. The van der Waals surface area contributed by atoms with E-state index in [4.69, 9.17) is 19.3 Å². The molecular weight excluding hydrogens is 442 g/mol. The second-order valence-corrected chi connectivity index (χ2v) is 9.32. The van der Waals surface area contributed by atoms with Crippen LogP contribution >= 0.6 is 0 Å². The third-order valence-electron chi connectivity index (χ3n) is 6.17. The summed E-state index contributed by atoms with van der Waals surface area (Å²) in [6, 6.07) is 18.1. The number of nitrogens with zero attached hydrogens (tertiary/aromatic N) is 3. The Balaban J connectivity index is 1.73. The predicted molar refractivity (Wildman–Crippen MR) is 137 cm³/mol. The Bertz CT molecular complexity index is 1060. The van der Waals surface area contributed by atoms with E-state index in [9.17, 15) is 5.11 Å². The minimum Gasteiger partial charge on any atom is -0.497 e. The molecule has 1 aliphatic carbocycles. The summed E-state index contributed by atoms with van der Waals surface area (Å²) in [5.41, 5.74) is 2.95. The van der Waals surface area contributed by atoms with E-state index < -0.39 is 6.10 Å². The summed E-state index contributed by atoms with van der Waals surface area (Å²) in [6.07, 6.45) is 1.74. The molecule has 0 radical (unpaired) electrons. The summed E-state index contributed by atoms with van der Waals surface area (Å²) < 4.78 is 19.2. The molecule has 0 bridgehead atoms. The summed E-state index contributed by atoms with van der Waals surface area (Å²) >= 11 is 0. The Labute approximate surface area is 208 Å². The second kappa shape index (κ2) is 11.7. The molecule has 1 atom stereocenters. The Morgan fingerprint density at radius 3 is 2.37 bits per heavy atom. The molecule has 1 heterocycles. The van der Waals surface area contributed by atoms with E-state index in [0.717, 1.165) is 41.3 Å². The fraction of sp³-hybridized carbons (Fsp3) is 0.464. The van der Waals surface area contributed by atoms with Gasteiger partial charge in [0, 0.05) is 25.7 Å². The van der Waals surface area contributed by atoms with Crippen LogP contribution in [0.3, 0.4) is 0 Å². The minimum atomic E-state index is -0.534. The summed E-state index contributed by atoms with van der Waals surface area (Å²) in [7, 11) is 1.66. The Hall–Kier alpha value is -2.87. The van der Waals surface area contributed by atoms with Crippen molar-refractivity contribution in [1.29, 1.82) is 0 Å². The molecule has 3 aromatic rings. The van der Waals surface area contributed by atoms with Gasteiger partial charge < -0.3 is 19.3 Å². The largest absolute Gasteiger partial charge is 0.497 e. The van der Waals surface area contributed by atoms with Crippen molar-refractivity contribution in [1.82, 2.24) is 14.7 Å². The molecule has 7 heteroatoms. The van der Waals surface area contributed by atoms with Crippen LogP contribution < -0.4 is 9.47 Å². The second-order valence-electron chi connectivity index (χ2n) is 9.32. The summed E-state index contributed by atoms with van der Waals surface area (Å²) in [4.78, 5) is 2.35. The standard InChI is InChI=1S/C28H37N3O4/c1-5-34-19-23(32)17-30(21-11-12-21)18-26-27(20(2)3)29-31(22-13-15-24(33-4)16-14-22)28(26)35-25-9-7-6-8-10-25/h6-10,13-16,20-21,23,32H,5,11-12,17-19H2,1-4H3. The topological polar surface area (TPSA) is 69.0 Å². The van der Waals surface area contributed by atoms with Crippen LogP contribution in [0.15, 0.2) is 54.6 Å². The van der Waals surface area contributed by atoms with Crippen molar-refractivity contribution in [2.75, 3.05) is 26.9 Å². The van der Waals surface area contributed by atoms with Crippen molar-refractivity contribution >= 4 is 0 Å². The van der Waals surface area contributed by atoms with Crippen LogP contribution in [0.2, 0.25) is 0 Å². The first-order valence-electron chi connectivity index (χ1n) is 12.5. The van der Waals surface area contributed by atoms with Crippen molar-refractivity contribution in [3.05, 3.63) is 65.9 Å². The van der Waals surface area contributed by atoms with E-state index in [1.54, 1.807) is 7.11 Å². The summed E-state index contributed by atoms with van der Waals surface area (Å²) in [5.74, 6) is 2.46. The molecule has 1 fully saturated rings. The van der Waals surface area contributed by atoms with Gasteiger partial charge in [0.05, 0.1) is 36.8 Å². The molecule has 0 aliphatic heterocycles. The van der Waals surface area contributed by atoms with E-state index in [1.165, 1.54) is 0 Å². The number of rotatable bonds is 13. The van der Waals surface area contributed by atoms with E-state index in [0.29, 0.717) is 38.2 Å². The number of aliphatic hydroxyl groups excluding tert-OH is 1. The summed E-state index contributed by atoms with van der Waals surface area (Å²) in [5, 5.41) is 15.6. The van der Waals surface area contributed by atoms with Gasteiger partial charge in [-0.05, 0) is 62.1 Å².